The molecule has 0 saturated carbocycles. The number of para-hydroxylation sites is 1. The highest BCUT2D eigenvalue weighted by Crippen LogP contribution is 2.34. The van der Waals surface area contributed by atoms with Crippen LogP contribution in [-0.4, -0.2) is 41.5 Å². The zero-order valence-corrected chi connectivity index (χ0v) is 26.9. The third-order valence-corrected chi connectivity index (χ3v) is 7.61. The number of aromatic nitrogens is 2. The number of anilines is 1. The van der Waals surface area contributed by atoms with Crippen molar-refractivity contribution in [3.05, 3.63) is 122 Å². The minimum atomic E-state index is -0.433. The summed E-state index contributed by atoms with van der Waals surface area (Å²) >= 11 is 0. The Kier molecular flexibility index (Phi) is 9.46. The van der Waals surface area contributed by atoms with Gasteiger partial charge < -0.3 is 14.4 Å². The van der Waals surface area contributed by atoms with Crippen LogP contribution in [0.3, 0.4) is 0 Å². The summed E-state index contributed by atoms with van der Waals surface area (Å²) in [7, 11) is 3.84. The number of aryl methyl sites for hydroxylation is 1. The molecular formula is C36H37N5O5. The van der Waals surface area contributed by atoms with Crippen LogP contribution in [0.15, 0.2) is 88.8 Å². The van der Waals surface area contributed by atoms with Gasteiger partial charge in [0.15, 0.2) is 5.82 Å². The van der Waals surface area contributed by atoms with E-state index in [1.807, 2.05) is 75.3 Å². The molecule has 0 saturated heterocycles. The zero-order chi connectivity index (χ0) is 33.0. The van der Waals surface area contributed by atoms with E-state index in [0.717, 1.165) is 28.1 Å². The van der Waals surface area contributed by atoms with Crippen molar-refractivity contribution < 1.29 is 14.4 Å². The monoisotopic (exact) mass is 619 g/mol. The van der Waals surface area contributed by atoms with E-state index in [-0.39, 0.29) is 23.8 Å². The van der Waals surface area contributed by atoms with Crippen molar-refractivity contribution in [3.8, 4) is 22.9 Å². The van der Waals surface area contributed by atoms with Gasteiger partial charge in [-0.3, -0.25) is 14.9 Å². The highest BCUT2D eigenvalue weighted by molar-refractivity contribution is 5.86. The standard InChI is InChI=1S/C36H37N5O5/c1-7-45-34-17-24(4)31(20-30(34)23(2)3)35-38-32-14-9-8-13-29(32)36(42)40(35)37-21-26-15-16-27(39(5)6)19-33(26)46-22-25-11-10-12-28(18-25)41(43)44/h8-21,23H,7,22H2,1-6H3. The molecule has 0 spiro atoms. The van der Waals surface area contributed by atoms with Crippen molar-refractivity contribution in [2.75, 3.05) is 25.6 Å². The van der Waals surface area contributed by atoms with E-state index in [1.165, 1.54) is 16.8 Å². The van der Waals surface area contributed by atoms with Crippen molar-refractivity contribution in [2.24, 2.45) is 5.10 Å². The highest BCUT2D eigenvalue weighted by atomic mass is 16.6. The van der Waals surface area contributed by atoms with Gasteiger partial charge in [0.05, 0.1) is 28.6 Å². The highest BCUT2D eigenvalue weighted by Gasteiger charge is 2.19. The molecule has 4 aromatic carbocycles. The Labute approximate surface area is 267 Å². The summed E-state index contributed by atoms with van der Waals surface area (Å²) in [6.45, 7) is 8.77. The maximum Gasteiger partial charge on any atom is 0.282 e. The molecule has 1 aromatic heterocycles. The number of nitro benzene ring substituents is 1. The van der Waals surface area contributed by atoms with Gasteiger partial charge in [-0.25, -0.2) is 4.98 Å². The summed E-state index contributed by atoms with van der Waals surface area (Å²) in [5.74, 6) is 1.89. The number of benzene rings is 4. The van der Waals surface area contributed by atoms with Gasteiger partial charge in [0.2, 0.25) is 0 Å². The molecule has 10 heteroatoms. The Bertz CT molecular complexity index is 2000. The predicted octanol–water partition coefficient (Wildman–Crippen LogP) is 7.33. The fourth-order valence-electron chi connectivity index (χ4n) is 5.15. The van der Waals surface area contributed by atoms with Crippen LogP contribution < -0.4 is 19.9 Å². The molecule has 5 aromatic rings. The Morgan fingerprint density at radius 1 is 1.00 bits per heavy atom. The number of nitrogens with zero attached hydrogens (tertiary/aromatic N) is 5. The topological polar surface area (TPSA) is 112 Å². The van der Waals surface area contributed by atoms with Crippen molar-refractivity contribution in [1.29, 1.82) is 0 Å². The van der Waals surface area contributed by atoms with E-state index in [1.54, 1.807) is 30.5 Å². The maximum absolute atomic E-state index is 14.0. The van der Waals surface area contributed by atoms with Crippen LogP contribution in [0.25, 0.3) is 22.3 Å². The number of rotatable bonds is 11. The molecule has 0 amide bonds. The minimum absolute atomic E-state index is 0.00848. The maximum atomic E-state index is 14.0. The lowest BCUT2D eigenvalue weighted by Gasteiger charge is -2.18. The molecule has 0 radical (unpaired) electrons. The first-order valence-corrected chi connectivity index (χ1v) is 15.1. The average Bonchev–Trinajstić information content (AvgIpc) is 3.03. The first kappa shape index (κ1) is 31.9. The van der Waals surface area contributed by atoms with Crippen LogP contribution in [0.2, 0.25) is 0 Å². The second-order valence-corrected chi connectivity index (χ2v) is 11.4. The smallest absolute Gasteiger partial charge is 0.282 e. The Balaban J connectivity index is 1.63. The first-order valence-electron chi connectivity index (χ1n) is 15.1. The number of non-ortho nitro benzene ring substituents is 1. The van der Waals surface area contributed by atoms with Gasteiger partial charge in [0, 0.05) is 49.1 Å². The quantitative estimate of drug-likeness (QED) is 0.0864. The first-order chi connectivity index (χ1) is 22.1. The average molecular weight is 620 g/mol. The van der Waals surface area contributed by atoms with Crippen molar-refractivity contribution in [1.82, 2.24) is 9.66 Å². The molecule has 0 atom stereocenters. The molecule has 46 heavy (non-hydrogen) atoms. The van der Waals surface area contributed by atoms with Crippen LogP contribution >= 0.6 is 0 Å². The van der Waals surface area contributed by atoms with Crippen LogP contribution in [-0.2, 0) is 6.61 Å². The molecule has 236 valence electrons. The summed E-state index contributed by atoms with van der Waals surface area (Å²) < 4.78 is 13.5. The van der Waals surface area contributed by atoms with Crippen LogP contribution in [0.5, 0.6) is 11.5 Å². The number of hydrogen-bond donors (Lipinski definition) is 0. The summed E-state index contributed by atoms with van der Waals surface area (Å²) in [6.07, 6.45) is 1.58. The SMILES string of the molecule is CCOc1cc(C)c(-c2nc3ccccc3c(=O)n2N=Cc2ccc(N(C)C)cc2OCc2cccc([N+](=O)[O-])c2)cc1C(C)C. The molecule has 0 aliphatic rings. The fraction of sp³-hybridized carbons (Fsp3) is 0.250. The Morgan fingerprint density at radius 2 is 1.78 bits per heavy atom. The predicted molar refractivity (Wildman–Crippen MR) is 183 cm³/mol. The lowest BCUT2D eigenvalue weighted by Crippen LogP contribution is -2.21. The number of nitro groups is 1. The summed E-state index contributed by atoms with van der Waals surface area (Å²) in [4.78, 5) is 31.7. The van der Waals surface area contributed by atoms with Gasteiger partial charge in [0.25, 0.3) is 11.2 Å². The molecule has 0 N–H and O–H groups in total. The molecule has 0 bridgehead atoms. The fourth-order valence-corrected chi connectivity index (χ4v) is 5.15. The summed E-state index contributed by atoms with van der Waals surface area (Å²) in [5, 5.41) is 16.4. The molecular weight excluding hydrogens is 582 g/mol. The second kappa shape index (κ2) is 13.6. The summed E-state index contributed by atoms with van der Waals surface area (Å²) in [5.41, 5.74) is 5.10. The molecule has 0 unspecified atom stereocenters. The lowest BCUT2D eigenvalue weighted by molar-refractivity contribution is -0.384. The van der Waals surface area contributed by atoms with Crippen molar-refractivity contribution >= 4 is 28.5 Å². The minimum Gasteiger partial charge on any atom is -0.494 e. The van der Waals surface area contributed by atoms with Gasteiger partial charge in [-0.15, -0.1) is 0 Å². The zero-order valence-electron chi connectivity index (χ0n) is 26.9. The van der Waals surface area contributed by atoms with E-state index in [0.29, 0.717) is 40.2 Å². The van der Waals surface area contributed by atoms with Crippen LogP contribution in [0.4, 0.5) is 11.4 Å². The van der Waals surface area contributed by atoms with Gasteiger partial charge >= 0.3 is 0 Å². The second-order valence-electron chi connectivity index (χ2n) is 11.4. The normalized spacial score (nSPS) is 11.4. The number of hydrogen-bond acceptors (Lipinski definition) is 8. The lowest BCUT2D eigenvalue weighted by atomic mass is 9.96. The van der Waals surface area contributed by atoms with Crippen molar-refractivity contribution in [3.63, 3.8) is 0 Å². The summed E-state index contributed by atoms with van der Waals surface area (Å²) in [6, 6.07) is 23.2. The molecule has 0 fully saturated rings. The molecule has 1 heterocycles. The van der Waals surface area contributed by atoms with E-state index in [4.69, 9.17) is 19.6 Å². The molecule has 10 nitrogen and oxygen atoms in total. The Hall–Kier alpha value is -5.51. The van der Waals surface area contributed by atoms with Crippen LogP contribution in [0.1, 0.15) is 48.9 Å². The Morgan fingerprint density at radius 3 is 2.50 bits per heavy atom. The third-order valence-electron chi connectivity index (χ3n) is 7.61. The largest absolute Gasteiger partial charge is 0.494 e. The molecule has 5 rings (SSSR count). The van der Waals surface area contributed by atoms with Crippen LogP contribution in [0, 0.1) is 17.0 Å². The van der Waals surface area contributed by atoms with E-state index < -0.39 is 4.92 Å². The van der Waals surface area contributed by atoms with E-state index in [9.17, 15) is 14.9 Å². The van der Waals surface area contributed by atoms with Gasteiger partial charge in [0.1, 0.15) is 18.1 Å². The third kappa shape index (κ3) is 6.76. The molecule has 0 aliphatic carbocycles. The number of fused-ring (bicyclic) bond motifs is 1. The van der Waals surface area contributed by atoms with E-state index >= 15 is 0 Å². The number of ether oxygens (including phenoxy) is 2. The van der Waals surface area contributed by atoms with Gasteiger partial charge in [-0.05, 0) is 72.9 Å². The van der Waals surface area contributed by atoms with Gasteiger partial charge in [-0.1, -0.05) is 38.1 Å². The van der Waals surface area contributed by atoms with E-state index in [2.05, 4.69) is 13.8 Å². The van der Waals surface area contributed by atoms with Gasteiger partial charge in [-0.2, -0.15) is 9.78 Å². The molecule has 0 aliphatic heterocycles. The van der Waals surface area contributed by atoms with Crippen molar-refractivity contribution in [2.45, 2.75) is 40.2 Å².